The monoisotopic (exact) mass is 219 g/mol. The van der Waals surface area contributed by atoms with Gasteiger partial charge in [0.15, 0.2) is 5.78 Å². The first-order chi connectivity index (χ1) is 7.76. The zero-order chi connectivity index (χ0) is 11.8. The van der Waals surface area contributed by atoms with Crippen LogP contribution in [0.1, 0.15) is 33.1 Å². The van der Waals surface area contributed by atoms with E-state index in [1.54, 1.807) is 0 Å². The van der Waals surface area contributed by atoms with Crippen LogP contribution in [0.5, 0.6) is 0 Å². The van der Waals surface area contributed by atoms with E-state index in [0.717, 1.165) is 18.5 Å². The summed E-state index contributed by atoms with van der Waals surface area (Å²) in [5.74, 6) is 0.850. The van der Waals surface area contributed by atoms with Gasteiger partial charge in [-0.3, -0.25) is 4.79 Å². The molecule has 88 valence electrons. The number of Topliss-reactive ketones (excluding diaryl/α,β-unsaturated/α-hetero) is 1. The smallest absolute Gasteiger partial charge is 0.152 e. The number of rotatable bonds is 7. The van der Waals surface area contributed by atoms with Crippen molar-refractivity contribution in [2.24, 2.45) is 5.92 Å². The number of hydrogen-bond acceptors (Lipinski definition) is 2. The Morgan fingerprint density at radius 3 is 2.38 bits per heavy atom. The fourth-order valence-corrected chi connectivity index (χ4v) is 1.73. The van der Waals surface area contributed by atoms with Crippen molar-refractivity contribution in [1.29, 1.82) is 0 Å². The summed E-state index contributed by atoms with van der Waals surface area (Å²) in [7, 11) is 0. The predicted molar refractivity (Wildman–Crippen MR) is 68.6 cm³/mol. The first-order valence-corrected chi connectivity index (χ1v) is 6.06. The first-order valence-electron chi connectivity index (χ1n) is 6.06. The molecule has 0 saturated carbocycles. The van der Waals surface area contributed by atoms with Crippen LogP contribution in [0.3, 0.4) is 0 Å². The van der Waals surface area contributed by atoms with Gasteiger partial charge in [0.1, 0.15) is 0 Å². The molecule has 0 radical (unpaired) electrons. The lowest BCUT2D eigenvalue weighted by Gasteiger charge is -2.11. The van der Waals surface area contributed by atoms with E-state index >= 15 is 0 Å². The molecule has 1 aromatic rings. The van der Waals surface area contributed by atoms with Crippen molar-refractivity contribution in [2.75, 3.05) is 11.9 Å². The van der Waals surface area contributed by atoms with Crippen LogP contribution >= 0.6 is 0 Å². The minimum Gasteiger partial charge on any atom is -0.378 e. The van der Waals surface area contributed by atoms with Gasteiger partial charge in [0.2, 0.25) is 0 Å². The van der Waals surface area contributed by atoms with E-state index in [1.807, 2.05) is 30.3 Å². The highest BCUT2D eigenvalue weighted by Gasteiger charge is 2.09. The van der Waals surface area contributed by atoms with E-state index < -0.39 is 0 Å². The van der Waals surface area contributed by atoms with E-state index in [0.29, 0.717) is 24.7 Å². The lowest BCUT2D eigenvalue weighted by Crippen LogP contribution is -2.17. The Kier molecular flexibility index (Phi) is 5.62. The van der Waals surface area contributed by atoms with Crippen LogP contribution in [0.25, 0.3) is 0 Å². The highest BCUT2D eigenvalue weighted by atomic mass is 16.1. The summed E-state index contributed by atoms with van der Waals surface area (Å²) in [6.07, 6.45) is 2.88. The summed E-state index contributed by atoms with van der Waals surface area (Å²) < 4.78 is 0. The van der Waals surface area contributed by atoms with Gasteiger partial charge in [-0.25, -0.2) is 0 Å². The van der Waals surface area contributed by atoms with Gasteiger partial charge in [-0.15, -0.1) is 0 Å². The second-order valence-corrected chi connectivity index (χ2v) is 4.14. The van der Waals surface area contributed by atoms with Gasteiger partial charge in [-0.1, -0.05) is 44.9 Å². The molecule has 1 aromatic carbocycles. The molecule has 2 nitrogen and oxygen atoms in total. The summed E-state index contributed by atoms with van der Waals surface area (Å²) in [6, 6.07) is 9.85. The van der Waals surface area contributed by atoms with Crippen molar-refractivity contribution < 1.29 is 4.79 Å². The number of carbonyl (C=O) groups excluding carboxylic acids is 1. The van der Waals surface area contributed by atoms with E-state index in [2.05, 4.69) is 19.2 Å². The number of para-hydroxylation sites is 1. The molecule has 0 aliphatic rings. The van der Waals surface area contributed by atoms with Crippen molar-refractivity contribution in [3.05, 3.63) is 30.3 Å². The molecule has 0 aromatic heterocycles. The summed E-state index contributed by atoms with van der Waals surface area (Å²) in [5, 5.41) is 3.15. The molecule has 0 unspecified atom stereocenters. The lowest BCUT2D eigenvalue weighted by molar-refractivity contribution is -0.118. The number of hydrogen-bond donors (Lipinski definition) is 1. The van der Waals surface area contributed by atoms with Gasteiger partial charge >= 0.3 is 0 Å². The molecule has 0 atom stereocenters. The van der Waals surface area contributed by atoms with Gasteiger partial charge in [0.25, 0.3) is 0 Å². The second kappa shape index (κ2) is 7.04. The van der Waals surface area contributed by atoms with Crippen LogP contribution in [0, 0.1) is 5.92 Å². The topological polar surface area (TPSA) is 29.1 Å². The van der Waals surface area contributed by atoms with Crippen LogP contribution in [0.4, 0.5) is 5.69 Å². The largest absolute Gasteiger partial charge is 0.378 e. The summed E-state index contributed by atoms with van der Waals surface area (Å²) >= 11 is 0. The number of carbonyl (C=O) groups is 1. The molecular weight excluding hydrogens is 198 g/mol. The fourth-order valence-electron chi connectivity index (χ4n) is 1.73. The quantitative estimate of drug-likeness (QED) is 0.760. The van der Waals surface area contributed by atoms with Crippen molar-refractivity contribution in [3.63, 3.8) is 0 Å². The zero-order valence-corrected chi connectivity index (χ0v) is 10.2. The Hall–Kier alpha value is -1.31. The average molecular weight is 219 g/mol. The third-order valence-electron chi connectivity index (χ3n) is 2.93. The zero-order valence-electron chi connectivity index (χ0n) is 10.2. The number of nitrogens with one attached hydrogen (secondary N) is 1. The summed E-state index contributed by atoms with van der Waals surface area (Å²) in [5.41, 5.74) is 1.01. The fraction of sp³-hybridized carbons (Fsp3) is 0.500. The van der Waals surface area contributed by atoms with Crippen molar-refractivity contribution in [1.82, 2.24) is 0 Å². The molecule has 0 bridgehead atoms. The number of benzene rings is 1. The summed E-state index contributed by atoms with van der Waals surface area (Å²) in [6.45, 7) is 4.73. The van der Waals surface area contributed by atoms with Crippen molar-refractivity contribution in [3.8, 4) is 0 Å². The van der Waals surface area contributed by atoms with Crippen molar-refractivity contribution >= 4 is 11.5 Å². The minimum absolute atomic E-state index is 0.303. The third-order valence-corrected chi connectivity index (χ3v) is 2.93. The van der Waals surface area contributed by atoms with Crippen LogP contribution in [-0.2, 0) is 4.79 Å². The highest BCUT2D eigenvalue weighted by molar-refractivity contribution is 5.83. The van der Waals surface area contributed by atoms with E-state index in [-0.39, 0.29) is 0 Å². The molecule has 0 amide bonds. The van der Waals surface area contributed by atoms with Crippen LogP contribution in [0.15, 0.2) is 30.3 Å². The molecule has 1 rings (SSSR count). The molecule has 0 aliphatic carbocycles. The van der Waals surface area contributed by atoms with E-state index in [4.69, 9.17) is 0 Å². The number of ketones is 1. The maximum Gasteiger partial charge on any atom is 0.152 e. The Bertz CT molecular complexity index is 304. The third kappa shape index (κ3) is 4.47. The van der Waals surface area contributed by atoms with E-state index in [1.165, 1.54) is 0 Å². The molecule has 16 heavy (non-hydrogen) atoms. The SMILES string of the molecule is CCC(CC)CC(=O)CNc1ccccc1. The highest BCUT2D eigenvalue weighted by Crippen LogP contribution is 2.13. The Morgan fingerprint density at radius 1 is 1.19 bits per heavy atom. The molecular formula is C14H21NO. The molecule has 1 N–H and O–H groups in total. The average Bonchev–Trinajstić information content (AvgIpc) is 2.34. The van der Waals surface area contributed by atoms with Gasteiger partial charge in [0, 0.05) is 12.1 Å². The molecule has 0 fully saturated rings. The molecule has 0 heterocycles. The van der Waals surface area contributed by atoms with Gasteiger partial charge in [-0.05, 0) is 18.1 Å². The normalized spacial score (nSPS) is 10.4. The lowest BCUT2D eigenvalue weighted by atomic mass is 9.97. The van der Waals surface area contributed by atoms with Crippen LogP contribution in [0.2, 0.25) is 0 Å². The molecule has 0 spiro atoms. The number of anilines is 1. The predicted octanol–water partition coefficient (Wildman–Crippen LogP) is 3.49. The standard InChI is InChI=1S/C14H21NO/c1-3-12(4-2)10-14(16)11-15-13-8-6-5-7-9-13/h5-9,12,15H,3-4,10-11H2,1-2H3. The minimum atomic E-state index is 0.303. The van der Waals surface area contributed by atoms with Gasteiger partial charge < -0.3 is 5.32 Å². The Labute approximate surface area is 98.1 Å². The van der Waals surface area contributed by atoms with Gasteiger partial charge in [0.05, 0.1) is 6.54 Å². The van der Waals surface area contributed by atoms with Crippen LogP contribution in [-0.4, -0.2) is 12.3 Å². The maximum atomic E-state index is 11.7. The molecule has 0 aliphatic heterocycles. The Balaban J connectivity index is 2.30. The Morgan fingerprint density at radius 2 is 1.81 bits per heavy atom. The maximum absolute atomic E-state index is 11.7. The molecule has 0 saturated heterocycles. The second-order valence-electron chi connectivity index (χ2n) is 4.14. The van der Waals surface area contributed by atoms with Crippen LogP contribution < -0.4 is 5.32 Å². The van der Waals surface area contributed by atoms with Gasteiger partial charge in [-0.2, -0.15) is 0 Å². The van der Waals surface area contributed by atoms with Crippen molar-refractivity contribution in [2.45, 2.75) is 33.1 Å². The van der Waals surface area contributed by atoms with E-state index in [9.17, 15) is 4.79 Å². The first kappa shape index (κ1) is 12.8. The summed E-state index contributed by atoms with van der Waals surface area (Å²) in [4.78, 5) is 11.7. The molecule has 2 heteroatoms.